The Morgan fingerprint density at radius 1 is 0.680 bits per heavy atom. The molecule has 2 aliphatic heterocycles. The molecule has 3 aliphatic rings. The SMILES string of the molecule is O=C(CCC1CCCCC1)N1CCN(CC(=O)N2CCCCC2)CC1. The zero-order chi connectivity index (χ0) is 17.5. The molecule has 3 rings (SSSR count). The maximum atomic E-state index is 12.4. The molecule has 0 spiro atoms. The lowest BCUT2D eigenvalue weighted by molar-refractivity contribution is -0.135. The van der Waals surface area contributed by atoms with Crippen molar-refractivity contribution in [3.63, 3.8) is 0 Å². The maximum absolute atomic E-state index is 12.4. The van der Waals surface area contributed by atoms with Gasteiger partial charge in [0.2, 0.25) is 11.8 Å². The number of nitrogens with zero attached hydrogens (tertiary/aromatic N) is 3. The average molecular weight is 350 g/mol. The van der Waals surface area contributed by atoms with Gasteiger partial charge in [-0.25, -0.2) is 0 Å². The zero-order valence-electron chi connectivity index (χ0n) is 15.8. The van der Waals surface area contributed by atoms with E-state index in [1.807, 2.05) is 9.80 Å². The van der Waals surface area contributed by atoms with Crippen LogP contribution in [0.25, 0.3) is 0 Å². The summed E-state index contributed by atoms with van der Waals surface area (Å²) in [6.07, 6.45) is 12.1. The first-order chi connectivity index (χ1) is 12.2. The van der Waals surface area contributed by atoms with Crippen molar-refractivity contribution in [3.05, 3.63) is 0 Å². The van der Waals surface area contributed by atoms with E-state index in [0.717, 1.165) is 70.9 Å². The highest BCUT2D eigenvalue weighted by Gasteiger charge is 2.25. The van der Waals surface area contributed by atoms with Crippen LogP contribution in [0.4, 0.5) is 0 Å². The number of rotatable bonds is 5. The Morgan fingerprint density at radius 3 is 1.96 bits per heavy atom. The Morgan fingerprint density at radius 2 is 1.28 bits per heavy atom. The van der Waals surface area contributed by atoms with Gasteiger partial charge < -0.3 is 9.80 Å². The van der Waals surface area contributed by atoms with Gasteiger partial charge in [-0.05, 0) is 31.6 Å². The molecular formula is C20H35N3O2. The number of piperazine rings is 1. The quantitative estimate of drug-likeness (QED) is 0.766. The lowest BCUT2D eigenvalue weighted by atomic mass is 9.86. The van der Waals surface area contributed by atoms with Gasteiger partial charge in [0.1, 0.15) is 0 Å². The second-order valence-electron chi connectivity index (χ2n) is 8.14. The van der Waals surface area contributed by atoms with Crippen LogP contribution in [0.1, 0.15) is 64.2 Å². The fourth-order valence-electron chi connectivity index (χ4n) is 4.55. The molecule has 5 heteroatoms. The molecule has 3 fully saturated rings. The Bertz CT molecular complexity index is 434. The van der Waals surface area contributed by atoms with Crippen molar-refractivity contribution in [2.24, 2.45) is 5.92 Å². The predicted molar refractivity (Wildman–Crippen MR) is 99.3 cm³/mol. The summed E-state index contributed by atoms with van der Waals surface area (Å²) in [5.74, 6) is 1.38. The summed E-state index contributed by atoms with van der Waals surface area (Å²) < 4.78 is 0. The van der Waals surface area contributed by atoms with Gasteiger partial charge in [0.15, 0.2) is 0 Å². The second kappa shape index (κ2) is 9.56. The van der Waals surface area contributed by atoms with Crippen LogP contribution in [0.2, 0.25) is 0 Å². The molecule has 0 N–H and O–H groups in total. The number of piperidine rings is 1. The number of amides is 2. The lowest BCUT2D eigenvalue weighted by Crippen LogP contribution is -2.52. The molecule has 0 aromatic heterocycles. The van der Waals surface area contributed by atoms with Crippen LogP contribution in [-0.4, -0.2) is 72.3 Å². The minimum atomic E-state index is 0.275. The average Bonchev–Trinajstić information content (AvgIpc) is 2.68. The van der Waals surface area contributed by atoms with Crippen LogP contribution in [-0.2, 0) is 9.59 Å². The number of hydrogen-bond acceptors (Lipinski definition) is 3. The van der Waals surface area contributed by atoms with E-state index < -0.39 is 0 Å². The van der Waals surface area contributed by atoms with Crippen molar-refractivity contribution in [2.45, 2.75) is 64.2 Å². The van der Waals surface area contributed by atoms with Crippen LogP contribution in [0.15, 0.2) is 0 Å². The molecule has 2 heterocycles. The summed E-state index contributed by atoms with van der Waals surface area (Å²) in [6, 6.07) is 0. The van der Waals surface area contributed by atoms with Crippen LogP contribution < -0.4 is 0 Å². The highest BCUT2D eigenvalue weighted by molar-refractivity contribution is 5.78. The van der Waals surface area contributed by atoms with E-state index in [0.29, 0.717) is 12.5 Å². The summed E-state index contributed by atoms with van der Waals surface area (Å²) in [4.78, 5) is 31.1. The molecule has 2 amide bonds. The van der Waals surface area contributed by atoms with Gasteiger partial charge in [0.25, 0.3) is 0 Å². The van der Waals surface area contributed by atoms with Gasteiger partial charge in [0.05, 0.1) is 6.54 Å². The standard InChI is InChI=1S/C20H35N3O2/c24-19(10-9-18-7-3-1-4-8-18)23-15-13-21(14-16-23)17-20(25)22-11-5-2-6-12-22/h18H,1-17H2. The topological polar surface area (TPSA) is 43.9 Å². The minimum Gasteiger partial charge on any atom is -0.342 e. The smallest absolute Gasteiger partial charge is 0.236 e. The summed E-state index contributed by atoms with van der Waals surface area (Å²) >= 11 is 0. The minimum absolute atomic E-state index is 0.275. The molecule has 0 unspecified atom stereocenters. The van der Waals surface area contributed by atoms with Gasteiger partial charge in [-0.2, -0.15) is 0 Å². The fourth-order valence-corrected chi connectivity index (χ4v) is 4.55. The monoisotopic (exact) mass is 349 g/mol. The predicted octanol–water partition coefficient (Wildman–Crippen LogP) is 2.50. The van der Waals surface area contributed by atoms with Crippen LogP contribution >= 0.6 is 0 Å². The van der Waals surface area contributed by atoms with E-state index in [-0.39, 0.29) is 5.91 Å². The molecule has 0 aromatic carbocycles. The molecule has 1 aliphatic carbocycles. The summed E-state index contributed by atoms with van der Waals surface area (Å²) in [5.41, 5.74) is 0. The Kier molecular flexibility index (Phi) is 7.14. The van der Waals surface area contributed by atoms with Crippen LogP contribution in [0, 0.1) is 5.92 Å². The van der Waals surface area contributed by atoms with Crippen molar-refractivity contribution in [2.75, 3.05) is 45.8 Å². The van der Waals surface area contributed by atoms with E-state index in [4.69, 9.17) is 0 Å². The van der Waals surface area contributed by atoms with Crippen LogP contribution in [0.3, 0.4) is 0 Å². The summed E-state index contributed by atoms with van der Waals surface area (Å²) in [7, 11) is 0. The molecular weight excluding hydrogens is 314 g/mol. The molecule has 142 valence electrons. The normalized spacial score (nSPS) is 23.7. The number of likely N-dealkylation sites (tertiary alicyclic amines) is 1. The molecule has 1 saturated carbocycles. The first-order valence-corrected chi connectivity index (χ1v) is 10.5. The van der Waals surface area contributed by atoms with Crippen molar-refractivity contribution in [3.8, 4) is 0 Å². The van der Waals surface area contributed by atoms with Crippen molar-refractivity contribution in [1.82, 2.24) is 14.7 Å². The fraction of sp³-hybridized carbons (Fsp3) is 0.900. The van der Waals surface area contributed by atoms with Gasteiger partial charge >= 0.3 is 0 Å². The van der Waals surface area contributed by atoms with E-state index in [1.54, 1.807) is 0 Å². The zero-order valence-corrected chi connectivity index (χ0v) is 15.8. The Balaban J connectivity index is 1.33. The van der Waals surface area contributed by atoms with E-state index in [2.05, 4.69) is 4.90 Å². The molecule has 0 radical (unpaired) electrons. The molecule has 25 heavy (non-hydrogen) atoms. The molecule has 0 bridgehead atoms. The number of carbonyl (C=O) groups is 2. The summed E-state index contributed by atoms with van der Waals surface area (Å²) in [5, 5.41) is 0. The summed E-state index contributed by atoms with van der Waals surface area (Å²) in [6.45, 7) is 5.65. The Labute approximate surface area is 152 Å². The lowest BCUT2D eigenvalue weighted by Gasteiger charge is -2.36. The van der Waals surface area contributed by atoms with Crippen molar-refractivity contribution in [1.29, 1.82) is 0 Å². The number of carbonyl (C=O) groups excluding carboxylic acids is 2. The van der Waals surface area contributed by atoms with Crippen molar-refractivity contribution < 1.29 is 9.59 Å². The van der Waals surface area contributed by atoms with Gasteiger partial charge in [-0.1, -0.05) is 32.1 Å². The van der Waals surface area contributed by atoms with Crippen LogP contribution in [0.5, 0.6) is 0 Å². The highest BCUT2D eigenvalue weighted by Crippen LogP contribution is 2.27. The molecule has 0 aromatic rings. The van der Waals surface area contributed by atoms with Gasteiger partial charge in [-0.3, -0.25) is 14.5 Å². The molecule has 5 nitrogen and oxygen atoms in total. The third-order valence-corrected chi connectivity index (χ3v) is 6.28. The Hall–Kier alpha value is -1.10. The first-order valence-electron chi connectivity index (χ1n) is 10.5. The highest BCUT2D eigenvalue weighted by atomic mass is 16.2. The van der Waals surface area contributed by atoms with E-state index in [9.17, 15) is 9.59 Å². The largest absolute Gasteiger partial charge is 0.342 e. The third kappa shape index (κ3) is 5.70. The molecule has 2 saturated heterocycles. The van der Waals surface area contributed by atoms with E-state index >= 15 is 0 Å². The number of hydrogen-bond donors (Lipinski definition) is 0. The van der Waals surface area contributed by atoms with E-state index in [1.165, 1.54) is 38.5 Å². The third-order valence-electron chi connectivity index (χ3n) is 6.28. The van der Waals surface area contributed by atoms with Crippen molar-refractivity contribution >= 4 is 11.8 Å². The first kappa shape index (κ1) is 18.7. The van der Waals surface area contributed by atoms with Gasteiger partial charge in [-0.15, -0.1) is 0 Å². The second-order valence-corrected chi connectivity index (χ2v) is 8.14. The van der Waals surface area contributed by atoms with Gasteiger partial charge in [0, 0.05) is 45.7 Å². The molecule has 0 atom stereocenters. The maximum Gasteiger partial charge on any atom is 0.236 e.